The zero-order valence-electron chi connectivity index (χ0n) is 11.0. The van der Waals surface area contributed by atoms with Crippen LogP contribution >= 0.6 is 0 Å². The van der Waals surface area contributed by atoms with E-state index in [0.29, 0.717) is 12.2 Å². The molecular formula is C14H16FN3O2. The first-order valence-corrected chi connectivity index (χ1v) is 6.46. The van der Waals surface area contributed by atoms with E-state index in [-0.39, 0.29) is 11.7 Å². The third-order valence-corrected chi connectivity index (χ3v) is 3.37. The molecule has 1 N–H and O–H groups in total. The van der Waals surface area contributed by atoms with Crippen molar-refractivity contribution in [2.24, 2.45) is 0 Å². The Labute approximate surface area is 116 Å². The second-order valence-corrected chi connectivity index (χ2v) is 4.85. The molecule has 20 heavy (non-hydrogen) atoms. The fourth-order valence-electron chi connectivity index (χ4n) is 2.36. The van der Waals surface area contributed by atoms with Crippen LogP contribution in [-0.4, -0.2) is 35.5 Å². The molecule has 0 atom stereocenters. The molecule has 1 aliphatic heterocycles. The van der Waals surface area contributed by atoms with Crippen molar-refractivity contribution < 1.29 is 9.31 Å². The molecule has 1 saturated heterocycles. The molecule has 0 unspecified atom stereocenters. The average molecular weight is 277 g/mol. The molecule has 0 amide bonds. The second kappa shape index (κ2) is 6.35. The summed E-state index contributed by atoms with van der Waals surface area (Å²) in [6.45, 7) is 2.39. The van der Waals surface area contributed by atoms with E-state index in [1.807, 2.05) is 0 Å². The minimum atomic E-state index is -0.605. The van der Waals surface area contributed by atoms with Gasteiger partial charge in [-0.15, -0.1) is 6.42 Å². The zero-order valence-corrected chi connectivity index (χ0v) is 11.0. The topological polar surface area (TPSA) is 58.4 Å². The molecule has 5 nitrogen and oxygen atoms in total. The van der Waals surface area contributed by atoms with E-state index in [4.69, 9.17) is 6.42 Å². The molecule has 1 aromatic carbocycles. The number of nitro benzene ring substituents is 1. The molecular weight excluding hydrogens is 261 g/mol. The van der Waals surface area contributed by atoms with Gasteiger partial charge in [-0.25, -0.2) is 4.39 Å². The van der Waals surface area contributed by atoms with Crippen molar-refractivity contribution >= 4 is 11.4 Å². The molecule has 1 aliphatic rings. The summed E-state index contributed by atoms with van der Waals surface area (Å²) in [7, 11) is 0. The number of nitro groups is 1. The first-order chi connectivity index (χ1) is 9.58. The summed E-state index contributed by atoms with van der Waals surface area (Å²) in [5.41, 5.74) is 0.212. The van der Waals surface area contributed by atoms with Gasteiger partial charge >= 0.3 is 0 Å². The number of piperidine rings is 1. The van der Waals surface area contributed by atoms with Crippen molar-refractivity contribution in [1.29, 1.82) is 0 Å². The van der Waals surface area contributed by atoms with Crippen molar-refractivity contribution in [2.45, 2.75) is 18.9 Å². The van der Waals surface area contributed by atoms with Crippen LogP contribution in [0.15, 0.2) is 18.2 Å². The number of hydrogen-bond donors (Lipinski definition) is 1. The predicted octanol–water partition coefficient (Wildman–Crippen LogP) is 2.24. The maximum atomic E-state index is 13.3. The Morgan fingerprint density at radius 1 is 1.45 bits per heavy atom. The van der Waals surface area contributed by atoms with E-state index in [1.165, 1.54) is 12.1 Å². The summed E-state index contributed by atoms with van der Waals surface area (Å²) in [5, 5.41) is 13.9. The van der Waals surface area contributed by atoms with Crippen LogP contribution < -0.4 is 5.32 Å². The smallest absolute Gasteiger partial charge is 0.274 e. The molecule has 2 rings (SSSR count). The van der Waals surface area contributed by atoms with Crippen LogP contribution in [0.3, 0.4) is 0 Å². The van der Waals surface area contributed by atoms with E-state index in [0.717, 1.165) is 32.0 Å². The number of non-ortho nitro benzene ring substituents is 1. The van der Waals surface area contributed by atoms with Crippen molar-refractivity contribution in [3.63, 3.8) is 0 Å². The van der Waals surface area contributed by atoms with Crippen molar-refractivity contribution in [3.8, 4) is 12.3 Å². The maximum Gasteiger partial charge on any atom is 0.274 e. The summed E-state index contributed by atoms with van der Waals surface area (Å²) in [6.07, 6.45) is 7.03. The van der Waals surface area contributed by atoms with Crippen LogP contribution in [0.1, 0.15) is 12.8 Å². The fraction of sp³-hybridized carbons (Fsp3) is 0.429. The van der Waals surface area contributed by atoms with Crippen LogP contribution in [0.5, 0.6) is 0 Å². The fourth-order valence-corrected chi connectivity index (χ4v) is 2.36. The Morgan fingerprint density at radius 2 is 2.15 bits per heavy atom. The molecule has 0 saturated carbocycles. The number of nitrogens with zero attached hydrogens (tertiary/aromatic N) is 2. The highest BCUT2D eigenvalue weighted by Crippen LogP contribution is 2.22. The number of terminal acetylenes is 1. The van der Waals surface area contributed by atoms with E-state index in [9.17, 15) is 14.5 Å². The first kappa shape index (κ1) is 14.3. The van der Waals surface area contributed by atoms with Crippen LogP contribution in [0, 0.1) is 28.3 Å². The largest absolute Gasteiger partial charge is 0.382 e. The summed E-state index contributed by atoms with van der Waals surface area (Å²) in [4.78, 5) is 12.3. The first-order valence-electron chi connectivity index (χ1n) is 6.46. The second-order valence-electron chi connectivity index (χ2n) is 4.85. The van der Waals surface area contributed by atoms with E-state index in [2.05, 4.69) is 16.1 Å². The number of rotatable bonds is 4. The van der Waals surface area contributed by atoms with Gasteiger partial charge in [0.05, 0.1) is 17.5 Å². The van der Waals surface area contributed by atoms with E-state index in [1.54, 1.807) is 0 Å². The Hall–Kier alpha value is -2.13. The van der Waals surface area contributed by atoms with Gasteiger partial charge in [0.15, 0.2) is 0 Å². The highest BCUT2D eigenvalue weighted by molar-refractivity contribution is 5.52. The standard InChI is InChI=1S/C14H16FN3O2/c1-2-5-17-6-3-12(4-7-17)16-13-8-11(15)9-14(10-13)18(19)20/h1,8-10,12,16H,3-7H2. The Kier molecular flexibility index (Phi) is 4.53. The Morgan fingerprint density at radius 3 is 2.75 bits per heavy atom. The molecule has 0 radical (unpaired) electrons. The molecule has 1 fully saturated rings. The van der Waals surface area contributed by atoms with Crippen molar-refractivity contribution in [3.05, 3.63) is 34.1 Å². The molecule has 106 valence electrons. The van der Waals surface area contributed by atoms with Gasteiger partial charge in [-0.2, -0.15) is 0 Å². The monoisotopic (exact) mass is 277 g/mol. The number of likely N-dealkylation sites (tertiary alicyclic amines) is 1. The van der Waals surface area contributed by atoms with Crippen molar-refractivity contribution in [2.75, 3.05) is 25.0 Å². The normalized spacial score (nSPS) is 16.6. The van der Waals surface area contributed by atoms with Gasteiger partial charge in [0.25, 0.3) is 5.69 Å². The minimum Gasteiger partial charge on any atom is -0.382 e. The van der Waals surface area contributed by atoms with E-state index >= 15 is 0 Å². The third-order valence-electron chi connectivity index (χ3n) is 3.37. The quantitative estimate of drug-likeness (QED) is 0.521. The molecule has 0 bridgehead atoms. The highest BCUT2D eigenvalue weighted by atomic mass is 19.1. The lowest BCUT2D eigenvalue weighted by Crippen LogP contribution is -2.39. The number of hydrogen-bond acceptors (Lipinski definition) is 4. The average Bonchev–Trinajstić information content (AvgIpc) is 2.40. The maximum absolute atomic E-state index is 13.3. The van der Waals surface area contributed by atoms with Crippen LogP contribution in [0.4, 0.5) is 15.8 Å². The lowest BCUT2D eigenvalue weighted by Gasteiger charge is -2.31. The van der Waals surface area contributed by atoms with Gasteiger partial charge in [0.2, 0.25) is 0 Å². The van der Waals surface area contributed by atoms with E-state index < -0.39 is 10.7 Å². The number of nitrogens with one attached hydrogen (secondary N) is 1. The SMILES string of the molecule is C#CCN1CCC(Nc2cc(F)cc([N+](=O)[O-])c2)CC1. The van der Waals surface area contributed by atoms with Gasteiger partial charge in [-0.3, -0.25) is 15.0 Å². The van der Waals surface area contributed by atoms with Gasteiger partial charge < -0.3 is 5.32 Å². The minimum absolute atomic E-state index is 0.186. The van der Waals surface area contributed by atoms with Gasteiger partial charge in [0.1, 0.15) is 5.82 Å². The van der Waals surface area contributed by atoms with Crippen LogP contribution in [0.2, 0.25) is 0 Å². The van der Waals surface area contributed by atoms with Crippen LogP contribution in [-0.2, 0) is 0 Å². The molecule has 0 aromatic heterocycles. The Balaban J connectivity index is 1.98. The highest BCUT2D eigenvalue weighted by Gasteiger charge is 2.19. The lowest BCUT2D eigenvalue weighted by molar-refractivity contribution is -0.385. The number of benzene rings is 1. The predicted molar refractivity (Wildman–Crippen MR) is 75.0 cm³/mol. The zero-order chi connectivity index (χ0) is 14.5. The summed E-state index contributed by atoms with van der Waals surface area (Å²) >= 11 is 0. The molecule has 1 heterocycles. The summed E-state index contributed by atoms with van der Waals surface area (Å²) in [6, 6.07) is 3.74. The summed E-state index contributed by atoms with van der Waals surface area (Å²) < 4.78 is 13.3. The van der Waals surface area contributed by atoms with Crippen LogP contribution in [0.25, 0.3) is 0 Å². The van der Waals surface area contributed by atoms with Gasteiger partial charge in [-0.05, 0) is 18.9 Å². The molecule has 0 aliphatic carbocycles. The lowest BCUT2D eigenvalue weighted by atomic mass is 10.0. The summed E-state index contributed by atoms with van der Waals surface area (Å²) in [5.74, 6) is 2.01. The third kappa shape index (κ3) is 3.68. The molecule has 1 aromatic rings. The number of halogens is 1. The van der Waals surface area contributed by atoms with Crippen molar-refractivity contribution in [1.82, 2.24) is 4.90 Å². The van der Waals surface area contributed by atoms with Gasteiger partial charge in [-0.1, -0.05) is 5.92 Å². The molecule has 0 spiro atoms. The number of anilines is 1. The van der Waals surface area contributed by atoms with Gasteiger partial charge in [0, 0.05) is 30.9 Å². The Bertz CT molecular complexity index is 534. The molecule has 6 heteroatoms.